The van der Waals surface area contributed by atoms with E-state index < -0.39 is 11.6 Å². The molecular weight excluding hydrogens is 346 g/mol. The van der Waals surface area contributed by atoms with Crippen LogP contribution in [0.15, 0.2) is 24.3 Å². The monoisotopic (exact) mass is 373 g/mol. The number of aromatic nitrogens is 2. The van der Waals surface area contributed by atoms with Crippen molar-refractivity contribution in [2.24, 2.45) is 0 Å². The van der Waals surface area contributed by atoms with E-state index in [1.54, 1.807) is 13.8 Å². The highest BCUT2D eigenvalue weighted by Crippen LogP contribution is 2.25. The van der Waals surface area contributed by atoms with Crippen LogP contribution in [-0.4, -0.2) is 40.9 Å². The van der Waals surface area contributed by atoms with Crippen LogP contribution in [0.25, 0.3) is 11.3 Å². The molecule has 0 aliphatic carbocycles. The second-order valence-corrected chi connectivity index (χ2v) is 7.18. The number of carbonyl (C=O) groups is 2. The largest absolute Gasteiger partial charge is 0.462 e. The van der Waals surface area contributed by atoms with Crippen molar-refractivity contribution in [1.82, 2.24) is 15.5 Å². The summed E-state index contributed by atoms with van der Waals surface area (Å²) in [6, 6.07) is 7.64. The van der Waals surface area contributed by atoms with Gasteiger partial charge in [0.05, 0.1) is 13.2 Å². The van der Waals surface area contributed by atoms with Gasteiger partial charge in [0.2, 0.25) is 0 Å². The molecule has 1 aromatic heterocycles. The summed E-state index contributed by atoms with van der Waals surface area (Å²) in [5.41, 5.74) is 2.93. The third-order valence-corrected chi connectivity index (χ3v) is 3.65. The molecule has 7 nitrogen and oxygen atoms in total. The Bertz CT molecular complexity index is 806. The highest BCUT2D eigenvalue weighted by molar-refractivity contribution is 5.97. The number of rotatable bonds is 7. The van der Waals surface area contributed by atoms with Gasteiger partial charge >= 0.3 is 11.9 Å². The number of benzene rings is 1. The van der Waals surface area contributed by atoms with Gasteiger partial charge in [0.15, 0.2) is 0 Å². The van der Waals surface area contributed by atoms with E-state index in [0.717, 1.165) is 11.1 Å². The number of H-pyrrole nitrogens is 1. The molecule has 146 valence electrons. The first-order chi connectivity index (χ1) is 12.7. The maximum atomic E-state index is 12.2. The molecule has 1 aromatic carbocycles. The number of ether oxygens (including phenoxy) is 2. The summed E-state index contributed by atoms with van der Waals surface area (Å²) in [4.78, 5) is 24.0. The Balaban J connectivity index is 2.08. The number of nitrogens with one attached hydrogen (secondary N) is 2. The lowest BCUT2D eigenvalue weighted by Gasteiger charge is -2.19. The molecule has 2 N–H and O–H groups in total. The van der Waals surface area contributed by atoms with Crippen molar-refractivity contribution in [2.45, 2.75) is 46.8 Å². The van der Waals surface area contributed by atoms with E-state index in [4.69, 9.17) is 9.47 Å². The molecule has 0 saturated carbocycles. The fourth-order valence-corrected chi connectivity index (χ4v) is 2.61. The minimum atomic E-state index is -0.500. The average molecular weight is 373 g/mol. The van der Waals surface area contributed by atoms with Gasteiger partial charge in [-0.15, -0.1) is 0 Å². The summed E-state index contributed by atoms with van der Waals surface area (Å²) >= 11 is 0. The van der Waals surface area contributed by atoms with Gasteiger partial charge in [0, 0.05) is 17.8 Å². The van der Waals surface area contributed by atoms with Crippen LogP contribution in [0, 0.1) is 6.92 Å². The van der Waals surface area contributed by atoms with E-state index in [9.17, 15) is 9.59 Å². The van der Waals surface area contributed by atoms with Gasteiger partial charge in [-0.3, -0.25) is 9.89 Å². The predicted molar refractivity (Wildman–Crippen MR) is 102 cm³/mol. The minimum absolute atomic E-state index is 0.122. The number of carbonyl (C=O) groups excluding carboxylic acids is 2. The highest BCUT2D eigenvalue weighted by Gasteiger charge is 2.20. The molecule has 0 radical (unpaired) electrons. The van der Waals surface area contributed by atoms with Crippen LogP contribution in [0.3, 0.4) is 0 Å². The van der Waals surface area contributed by atoms with Crippen LogP contribution in [-0.2, 0) is 20.8 Å². The Labute approximate surface area is 159 Å². The zero-order valence-electron chi connectivity index (χ0n) is 16.5. The van der Waals surface area contributed by atoms with Crippen molar-refractivity contribution in [2.75, 3.05) is 13.2 Å². The summed E-state index contributed by atoms with van der Waals surface area (Å²) in [6.07, 6.45) is 0. The van der Waals surface area contributed by atoms with Crippen molar-refractivity contribution in [3.63, 3.8) is 0 Å². The number of nitrogens with zero attached hydrogens (tertiary/aromatic N) is 1. The molecule has 0 aliphatic rings. The van der Waals surface area contributed by atoms with Gasteiger partial charge in [-0.25, -0.2) is 4.79 Å². The van der Waals surface area contributed by atoms with Crippen LogP contribution in [0.4, 0.5) is 0 Å². The lowest BCUT2D eigenvalue weighted by atomic mass is 10.0. The second kappa shape index (κ2) is 8.81. The summed E-state index contributed by atoms with van der Waals surface area (Å²) in [6.45, 7) is 9.98. The van der Waals surface area contributed by atoms with E-state index in [2.05, 4.69) is 15.5 Å². The smallest absolute Gasteiger partial charge is 0.342 e. The number of hydrogen-bond acceptors (Lipinski definition) is 6. The Morgan fingerprint density at radius 3 is 2.67 bits per heavy atom. The number of aromatic amines is 1. The summed E-state index contributed by atoms with van der Waals surface area (Å²) in [5, 5.41) is 10.2. The number of aryl methyl sites for hydroxylation is 1. The molecule has 2 aromatic rings. The Hall–Kier alpha value is -2.67. The minimum Gasteiger partial charge on any atom is -0.462 e. The fraction of sp³-hybridized carbons (Fsp3) is 0.450. The van der Waals surface area contributed by atoms with Crippen molar-refractivity contribution in [3.05, 3.63) is 41.1 Å². The lowest BCUT2D eigenvalue weighted by Crippen LogP contribution is -2.31. The molecule has 27 heavy (non-hydrogen) atoms. The molecule has 2 rings (SSSR count). The van der Waals surface area contributed by atoms with Crippen molar-refractivity contribution < 1.29 is 19.1 Å². The fourth-order valence-electron chi connectivity index (χ4n) is 2.61. The molecule has 0 spiro atoms. The molecule has 0 amide bonds. The number of esters is 2. The van der Waals surface area contributed by atoms with Crippen LogP contribution in [0.1, 0.15) is 49.3 Å². The zero-order chi connectivity index (χ0) is 20.0. The van der Waals surface area contributed by atoms with Gasteiger partial charge < -0.3 is 14.8 Å². The van der Waals surface area contributed by atoms with E-state index >= 15 is 0 Å². The second-order valence-electron chi connectivity index (χ2n) is 7.18. The summed E-state index contributed by atoms with van der Waals surface area (Å²) in [7, 11) is 0. The summed E-state index contributed by atoms with van der Waals surface area (Å²) < 4.78 is 10.4. The Kier molecular flexibility index (Phi) is 6.74. The molecule has 0 bridgehead atoms. The molecule has 0 fully saturated rings. The molecule has 0 saturated heterocycles. The van der Waals surface area contributed by atoms with Gasteiger partial charge in [-0.1, -0.05) is 18.2 Å². The standard InChI is InChI=1S/C20H27N3O4/c1-6-26-19(25)17-13(2)22-23-18(17)15-9-7-8-14(10-15)11-21-12-16(24)27-20(3,4)5/h7-10,21H,6,11-12H2,1-5H3,(H,22,23). The van der Waals surface area contributed by atoms with Crippen molar-refractivity contribution >= 4 is 11.9 Å². The normalized spacial score (nSPS) is 11.3. The third-order valence-electron chi connectivity index (χ3n) is 3.65. The third kappa shape index (κ3) is 5.92. The van der Waals surface area contributed by atoms with E-state index in [1.807, 2.05) is 45.0 Å². The Morgan fingerprint density at radius 2 is 2.00 bits per heavy atom. The van der Waals surface area contributed by atoms with Crippen LogP contribution in [0.5, 0.6) is 0 Å². The maximum absolute atomic E-state index is 12.2. The summed E-state index contributed by atoms with van der Waals surface area (Å²) in [5.74, 6) is -0.696. The Morgan fingerprint density at radius 1 is 1.26 bits per heavy atom. The van der Waals surface area contributed by atoms with E-state index in [1.165, 1.54) is 0 Å². The van der Waals surface area contributed by atoms with Crippen molar-refractivity contribution in [3.8, 4) is 11.3 Å². The number of hydrogen-bond donors (Lipinski definition) is 2. The van der Waals surface area contributed by atoms with Gasteiger partial charge in [0.25, 0.3) is 0 Å². The zero-order valence-corrected chi connectivity index (χ0v) is 16.5. The van der Waals surface area contributed by atoms with E-state index in [-0.39, 0.29) is 12.5 Å². The SMILES string of the molecule is CCOC(=O)c1c(-c2cccc(CNCC(=O)OC(C)(C)C)c2)n[nH]c1C. The lowest BCUT2D eigenvalue weighted by molar-refractivity contribution is -0.153. The molecule has 0 atom stereocenters. The molecule has 7 heteroatoms. The maximum Gasteiger partial charge on any atom is 0.342 e. The van der Waals surface area contributed by atoms with E-state index in [0.29, 0.717) is 30.1 Å². The van der Waals surface area contributed by atoms with Crippen molar-refractivity contribution in [1.29, 1.82) is 0 Å². The van der Waals surface area contributed by atoms with Gasteiger partial charge in [-0.05, 0) is 46.2 Å². The molecular formula is C20H27N3O4. The van der Waals surface area contributed by atoms with Crippen LogP contribution >= 0.6 is 0 Å². The molecule has 1 heterocycles. The first-order valence-corrected chi connectivity index (χ1v) is 8.95. The first kappa shape index (κ1) is 20.6. The van der Waals surface area contributed by atoms with Gasteiger partial charge in [-0.2, -0.15) is 5.10 Å². The van der Waals surface area contributed by atoms with Crippen LogP contribution in [0.2, 0.25) is 0 Å². The first-order valence-electron chi connectivity index (χ1n) is 8.95. The highest BCUT2D eigenvalue weighted by atomic mass is 16.6. The molecule has 0 unspecified atom stereocenters. The van der Waals surface area contributed by atoms with Crippen LogP contribution < -0.4 is 5.32 Å². The topological polar surface area (TPSA) is 93.3 Å². The average Bonchev–Trinajstić information content (AvgIpc) is 2.95. The molecule has 0 aliphatic heterocycles. The predicted octanol–water partition coefficient (Wildman–Crippen LogP) is 2.99. The quantitative estimate of drug-likeness (QED) is 0.725. The van der Waals surface area contributed by atoms with Gasteiger partial charge in [0.1, 0.15) is 16.9 Å².